The van der Waals surface area contributed by atoms with Gasteiger partial charge in [-0.15, -0.1) is 0 Å². The molecule has 1 amide bonds. The molecule has 26 heavy (non-hydrogen) atoms. The van der Waals surface area contributed by atoms with Gasteiger partial charge < -0.3 is 15.4 Å². The predicted molar refractivity (Wildman–Crippen MR) is 99.9 cm³/mol. The normalized spacial score (nSPS) is 16.1. The molecule has 2 N–H and O–H groups in total. The van der Waals surface area contributed by atoms with E-state index in [0.717, 1.165) is 28.7 Å². The molecule has 0 aliphatic carbocycles. The highest BCUT2D eigenvalue weighted by atomic mass is 16.5. The molecule has 0 unspecified atom stereocenters. The zero-order chi connectivity index (χ0) is 17.8. The molecule has 4 rings (SSSR count). The van der Waals surface area contributed by atoms with Crippen LogP contribution in [0.5, 0.6) is 0 Å². The number of nitrogens with one attached hydrogen (secondary N) is 2. The van der Waals surface area contributed by atoms with E-state index < -0.39 is 6.10 Å². The number of nitrogens with zero attached hydrogens (tertiary/aromatic N) is 2. The minimum absolute atomic E-state index is 0.105. The number of amides is 1. The summed E-state index contributed by atoms with van der Waals surface area (Å²) in [5.41, 5.74) is 3.04. The fourth-order valence-electron chi connectivity index (χ4n) is 3.22. The number of benzene rings is 2. The van der Waals surface area contributed by atoms with Crippen molar-refractivity contribution in [1.82, 2.24) is 15.3 Å². The topological polar surface area (TPSA) is 76.1 Å². The molecule has 1 aliphatic heterocycles. The number of hydrogen-bond donors (Lipinski definition) is 2. The lowest BCUT2D eigenvalue weighted by molar-refractivity contribution is -0.134. The highest BCUT2D eigenvalue weighted by Gasteiger charge is 2.26. The molecule has 0 fully saturated rings. The maximum Gasteiger partial charge on any atom is 0.253 e. The maximum atomic E-state index is 12.5. The van der Waals surface area contributed by atoms with Gasteiger partial charge in [0.15, 0.2) is 6.10 Å². The van der Waals surface area contributed by atoms with Gasteiger partial charge >= 0.3 is 0 Å². The van der Waals surface area contributed by atoms with Crippen molar-refractivity contribution < 1.29 is 9.53 Å². The number of para-hydroxylation sites is 1. The molecule has 3 aromatic rings. The Balaban J connectivity index is 1.35. The third-order valence-corrected chi connectivity index (χ3v) is 4.49. The average molecular weight is 348 g/mol. The van der Waals surface area contributed by atoms with Crippen molar-refractivity contribution in [2.24, 2.45) is 0 Å². The Morgan fingerprint density at radius 1 is 1.08 bits per heavy atom. The largest absolute Gasteiger partial charge is 0.368 e. The Bertz CT molecular complexity index is 923. The molecule has 0 spiro atoms. The summed E-state index contributed by atoms with van der Waals surface area (Å²) >= 11 is 0. The van der Waals surface area contributed by atoms with Gasteiger partial charge in [0.1, 0.15) is 12.1 Å². The quantitative estimate of drug-likeness (QED) is 0.693. The molecule has 0 saturated heterocycles. The number of ether oxygens (including phenoxy) is 1. The van der Waals surface area contributed by atoms with Gasteiger partial charge in [0.25, 0.3) is 5.91 Å². The van der Waals surface area contributed by atoms with Gasteiger partial charge in [0, 0.05) is 18.5 Å². The van der Waals surface area contributed by atoms with Crippen LogP contribution in [0, 0.1) is 0 Å². The molecular weight excluding hydrogens is 328 g/mol. The summed E-state index contributed by atoms with van der Waals surface area (Å²) in [6.45, 7) is 1.63. The summed E-state index contributed by atoms with van der Waals surface area (Å²) in [5, 5.41) is 7.16. The predicted octanol–water partition coefficient (Wildman–Crippen LogP) is 2.47. The van der Waals surface area contributed by atoms with Crippen LogP contribution in [0.25, 0.3) is 10.9 Å². The van der Waals surface area contributed by atoms with Crippen LogP contribution in [-0.2, 0) is 16.0 Å². The monoisotopic (exact) mass is 348 g/mol. The molecule has 1 aromatic heterocycles. The van der Waals surface area contributed by atoms with E-state index in [1.807, 2.05) is 42.5 Å². The van der Waals surface area contributed by atoms with Crippen LogP contribution < -0.4 is 10.6 Å². The molecule has 132 valence electrons. The molecule has 0 saturated carbocycles. The molecule has 1 aliphatic rings. The van der Waals surface area contributed by atoms with Crippen molar-refractivity contribution in [3.63, 3.8) is 0 Å². The third-order valence-electron chi connectivity index (χ3n) is 4.49. The molecule has 6 nitrogen and oxygen atoms in total. The van der Waals surface area contributed by atoms with Gasteiger partial charge in [0.05, 0.1) is 12.1 Å². The second kappa shape index (κ2) is 7.49. The van der Waals surface area contributed by atoms with Crippen molar-refractivity contribution in [3.05, 3.63) is 66.0 Å². The first-order valence-electron chi connectivity index (χ1n) is 8.73. The van der Waals surface area contributed by atoms with E-state index in [1.165, 1.54) is 11.9 Å². The first-order chi connectivity index (χ1) is 12.8. The first-order valence-corrected chi connectivity index (χ1v) is 8.73. The molecule has 1 atom stereocenters. The zero-order valence-corrected chi connectivity index (χ0v) is 14.3. The number of carbonyl (C=O) groups is 1. The lowest BCUT2D eigenvalue weighted by Gasteiger charge is -2.25. The fourth-order valence-corrected chi connectivity index (χ4v) is 3.22. The van der Waals surface area contributed by atoms with E-state index in [1.54, 1.807) is 0 Å². The van der Waals surface area contributed by atoms with Crippen LogP contribution in [0.1, 0.15) is 17.2 Å². The van der Waals surface area contributed by atoms with Crippen LogP contribution in [0.4, 0.5) is 5.82 Å². The summed E-state index contributed by atoms with van der Waals surface area (Å²) in [7, 11) is 0. The van der Waals surface area contributed by atoms with Gasteiger partial charge in [-0.1, -0.05) is 36.4 Å². The van der Waals surface area contributed by atoms with Crippen LogP contribution in [0.15, 0.2) is 54.9 Å². The highest BCUT2D eigenvalue weighted by molar-refractivity contribution is 5.88. The summed E-state index contributed by atoms with van der Waals surface area (Å²) < 4.78 is 5.69. The fraction of sp³-hybridized carbons (Fsp3) is 0.250. The van der Waals surface area contributed by atoms with Crippen LogP contribution >= 0.6 is 0 Å². The second-order valence-corrected chi connectivity index (χ2v) is 6.16. The molecule has 0 bridgehead atoms. The average Bonchev–Trinajstić information content (AvgIpc) is 2.70. The minimum atomic E-state index is -0.528. The lowest BCUT2D eigenvalue weighted by Crippen LogP contribution is -2.36. The first kappa shape index (κ1) is 16.5. The number of fused-ring (bicyclic) bond motifs is 2. The number of hydrogen-bond acceptors (Lipinski definition) is 5. The van der Waals surface area contributed by atoms with E-state index in [0.29, 0.717) is 19.7 Å². The van der Waals surface area contributed by atoms with Crippen molar-refractivity contribution in [2.45, 2.75) is 12.5 Å². The number of anilines is 1. The van der Waals surface area contributed by atoms with Crippen LogP contribution in [0.3, 0.4) is 0 Å². The van der Waals surface area contributed by atoms with E-state index in [9.17, 15) is 4.79 Å². The van der Waals surface area contributed by atoms with Crippen molar-refractivity contribution in [1.29, 1.82) is 0 Å². The van der Waals surface area contributed by atoms with Crippen LogP contribution in [0.2, 0.25) is 0 Å². The SMILES string of the molecule is O=C(NCCNc1ncnc2ccccc12)[C@H]1OCCc2ccccc21. The summed E-state index contributed by atoms with van der Waals surface area (Å²) in [4.78, 5) is 21.0. The van der Waals surface area contributed by atoms with Crippen molar-refractivity contribution >= 4 is 22.6 Å². The van der Waals surface area contributed by atoms with E-state index >= 15 is 0 Å². The summed E-state index contributed by atoms with van der Waals surface area (Å²) in [6.07, 6.45) is 1.86. The summed E-state index contributed by atoms with van der Waals surface area (Å²) in [5.74, 6) is 0.663. The van der Waals surface area contributed by atoms with E-state index in [-0.39, 0.29) is 5.91 Å². The van der Waals surface area contributed by atoms with Gasteiger partial charge in [-0.05, 0) is 29.7 Å². The van der Waals surface area contributed by atoms with E-state index in [4.69, 9.17) is 4.74 Å². The van der Waals surface area contributed by atoms with Gasteiger partial charge in [-0.25, -0.2) is 9.97 Å². The Labute approximate surface area is 151 Å². The highest BCUT2D eigenvalue weighted by Crippen LogP contribution is 2.26. The number of rotatable bonds is 5. The second-order valence-electron chi connectivity index (χ2n) is 6.16. The minimum Gasteiger partial charge on any atom is -0.368 e. The molecule has 2 heterocycles. The Kier molecular flexibility index (Phi) is 4.75. The van der Waals surface area contributed by atoms with Crippen molar-refractivity contribution in [2.75, 3.05) is 25.0 Å². The maximum absolute atomic E-state index is 12.5. The molecule has 2 aromatic carbocycles. The molecule has 0 radical (unpaired) electrons. The lowest BCUT2D eigenvalue weighted by atomic mass is 9.97. The standard InChI is InChI=1S/C20H20N4O2/c25-20(18-15-6-2-1-5-14(15)9-12-26-18)22-11-10-21-19-16-7-3-4-8-17(16)23-13-24-19/h1-8,13,18H,9-12H2,(H,22,25)(H,21,23,24)/t18-/m0/s1. The summed E-state index contributed by atoms with van der Waals surface area (Å²) in [6, 6.07) is 15.8. The van der Waals surface area contributed by atoms with Gasteiger partial charge in [0.2, 0.25) is 0 Å². The Morgan fingerprint density at radius 2 is 1.92 bits per heavy atom. The number of aromatic nitrogens is 2. The van der Waals surface area contributed by atoms with E-state index in [2.05, 4.69) is 26.7 Å². The Hall–Kier alpha value is -2.99. The van der Waals surface area contributed by atoms with Gasteiger partial charge in [-0.3, -0.25) is 4.79 Å². The molecular formula is C20H20N4O2. The number of carbonyl (C=O) groups excluding carboxylic acids is 1. The van der Waals surface area contributed by atoms with Crippen molar-refractivity contribution in [3.8, 4) is 0 Å². The zero-order valence-electron chi connectivity index (χ0n) is 14.3. The van der Waals surface area contributed by atoms with Gasteiger partial charge in [-0.2, -0.15) is 0 Å². The van der Waals surface area contributed by atoms with Crippen LogP contribution in [-0.4, -0.2) is 35.6 Å². The third kappa shape index (κ3) is 3.36. The Morgan fingerprint density at radius 3 is 2.88 bits per heavy atom. The smallest absolute Gasteiger partial charge is 0.253 e. The molecule has 6 heteroatoms.